The molecule has 0 amide bonds. The van der Waals surface area contributed by atoms with E-state index in [0.29, 0.717) is 0 Å². The van der Waals surface area contributed by atoms with Gasteiger partial charge in [0.25, 0.3) is 0 Å². The number of nitrogens with zero attached hydrogens (tertiary/aromatic N) is 1. The third kappa shape index (κ3) is 6.61. The summed E-state index contributed by atoms with van der Waals surface area (Å²) in [5.74, 6) is 0.882. The quantitative estimate of drug-likeness (QED) is 0.153. The Kier molecular flexibility index (Phi) is 8.87. The molecule has 1 aromatic heterocycles. The van der Waals surface area contributed by atoms with Crippen molar-refractivity contribution in [2.45, 2.75) is 0 Å². The molecule has 0 aliphatic rings. The molecule has 0 saturated carbocycles. The van der Waals surface area contributed by atoms with E-state index in [9.17, 15) is 0 Å². The number of anilines is 3. The fourth-order valence-electron chi connectivity index (χ4n) is 8.60. The average Bonchev–Trinajstić information content (AvgIpc) is 3.72. The molecule has 10 aromatic carbocycles. The van der Waals surface area contributed by atoms with E-state index in [1.807, 2.05) is 12.1 Å². The molecule has 2 heteroatoms. The van der Waals surface area contributed by atoms with E-state index in [-0.39, 0.29) is 0 Å². The Morgan fingerprint density at radius 3 is 1.38 bits per heavy atom. The third-order valence-corrected chi connectivity index (χ3v) is 11.6. The van der Waals surface area contributed by atoms with Crippen LogP contribution in [0.25, 0.3) is 88.3 Å². The predicted octanol–water partition coefficient (Wildman–Crippen LogP) is 16.5. The molecule has 0 radical (unpaired) electrons. The monoisotopic (exact) mass is 765 g/mol. The molecule has 0 spiro atoms. The number of furan rings is 1. The van der Waals surface area contributed by atoms with Crippen molar-refractivity contribution in [3.8, 4) is 55.8 Å². The van der Waals surface area contributed by atoms with Crippen molar-refractivity contribution >= 4 is 49.6 Å². The number of para-hydroxylation sites is 1. The van der Waals surface area contributed by atoms with E-state index in [4.69, 9.17) is 4.42 Å². The average molecular weight is 766 g/mol. The van der Waals surface area contributed by atoms with Crippen LogP contribution >= 0.6 is 0 Å². The van der Waals surface area contributed by atoms with Crippen molar-refractivity contribution in [3.05, 3.63) is 237 Å². The highest BCUT2D eigenvalue weighted by Crippen LogP contribution is 2.43. The number of fused-ring (bicyclic) bond motifs is 3. The van der Waals surface area contributed by atoms with Crippen molar-refractivity contribution in [1.82, 2.24) is 0 Å². The molecule has 0 saturated heterocycles. The molecule has 0 fully saturated rings. The fourth-order valence-corrected chi connectivity index (χ4v) is 8.60. The number of rotatable bonds is 8. The van der Waals surface area contributed by atoms with Gasteiger partial charge < -0.3 is 9.32 Å². The van der Waals surface area contributed by atoms with E-state index in [1.54, 1.807) is 0 Å². The molecule has 11 aromatic rings. The molecule has 11 rings (SSSR count). The van der Waals surface area contributed by atoms with Crippen molar-refractivity contribution in [1.29, 1.82) is 0 Å². The van der Waals surface area contributed by atoms with Crippen LogP contribution in [0.4, 0.5) is 17.1 Å². The minimum Gasteiger partial charge on any atom is -0.455 e. The van der Waals surface area contributed by atoms with Crippen molar-refractivity contribution in [3.63, 3.8) is 0 Å². The third-order valence-electron chi connectivity index (χ3n) is 11.6. The molecule has 0 N–H and O–H groups in total. The standard InChI is InChI=1S/C58H39NO/c1-2-14-44(15-3-1)57-55-22-8-9-23-56(55)60-58(57)51-21-11-19-47(38-51)43-28-33-53(34-29-43)59(54-35-30-41-13-5-7-17-49(41)39-54)52-31-26-42(27-32-52)46-18-10-20-48(36-46)50-25-24-40-12-4-6-16-45(40)37-50/h1-39H. The highest BCUT2D eigenvalue weighted by Gasteiger charge is 2.19. The first-order valence-electron chi connectivity index (χ1n) is 20.5. The SMILES string of the molecule is c1ccc(-c2c(-c3cccc(-c4ccc(N(c5ccc(-c6cccc(-c7ccc8ccccc8c7)c6)cc5)c5ccc6ccccc6c5)cc4)c3)oc3ccccc23)cc1. The van der Waals surface area contributed by atoms with Crippen LogP contribution in [0.3, 0.4) is 0 Å². The molecule has 2 nitrogen and oxygen atoms in total. The summed E-state index contributed by atoms with van der Waals surface area (Å²) in [6.07, 6.45) is 0. The van der Waals surface area contributed by atoms with E-state index >= 15 is 0 Å². The maximum atomic E-state index is 6.58. The second-order valence-corrected chi connectivity index (χ2v) is 15.4. The van der Waals surface area contributed by atoms with Gasteiger partial charge in [0.1, 0.15) is 11.3 Å². The first-order chi connectivity index (χ1) is 29.7. The van der Waals surface area contributed by atoms with Crippen LogP contribution in [0, 0.1) is 0 Å². The molecule has 60 heavy (non-hydrogen) atoms. The minimum absolute atomic E-state index is 0.882. The Balaban J connectivity index is 0.941. The van der Waals surface area contributed by atoms with Gasteiger partial charge in [0, 0.05) is 33.6 Å². The molecule has 0 aliphatic carbocycles. The number of hydrogen-bond donors (Lipinski definition) is 0. The smallest absolute Gasteiger partial charge is 0.143 e. The molecule has 282 valence electrons. The van der Waals surface area contributed by atoms with Gasteiger partial charge in [-0.15, -0.1) is 0 Å². The van der Waals surface area contributed by atoms with Gasteiger partial charge in [-0.1, -0.05) is 176 Å². The molecular formula is C58H39NO. The fraction of sp³-hybridized carbons (Fsp3) is 0. The lowest BCUT2D eigenvalue weighted by Gasteiger charge is -2.26. The largest absolute Gasteiger partial charge is 0.455 e. The van der Waals surface area contributed by atoms with Gasteiger partial charge in [0.05, 0.1) is 0 Å². The lowest BCUT2D eigenvalue weighted by molar-refractivity contribution is 0.632. The first kappa shape index (κ1) is 35.2. The molecule has 1 heterocycles. The topological polar surface area (TPSA) is 16.4 Å². The first-order valence-corrected chi connectivity index (χ1v) is 20.5. The van der Waals surface area contributed by atoms with Gasteiger partial charge in [-0.25, -0.2) is 0 Å². The van der Waals surface area contributed by atoms with E-state index in [1.165, 1.54) is 43.8 Å². The van der Waals surface area contributed by atoms with Crippen LogP contribution in [0.15, 0.2) is 241 Å². The maximum Gasteiger partial charge on any atom is 0.143 e. The van der Waals surface area contributed by atoms with E-state index in [0.717, 1.165) is 61.6 Å². The van der Waals surface area contributed by atoms with Crippen molar-refractivity contribution in [2.24, 2.45) is 0 Å². The molecule has 0 bridgehead atoms. The number of benzene rings is 10. The van der Waals surface area contributed by atoms with Gasteiger partial charge in [-0.2, -0.15) is 0 Å². The maximum absolute atomic E-state index is 6.58. The zero-order valence-corrected chi connectivity index (χ0v) is 32.9. The summed E-state index contributed by atoms with van der Waals surface area (Å²) < 4.78 is 6.58. The Labute approximate surface area is 349 Å². The van der Waals surface area contributed by atoms with Crippen LogP contribution in [0.1, 0.15) is 0 Å². The normalized spacial score (nSPS) is 11.3. The Morgan fingerprint density at radius 1 is 0.267 bits per heavy atom. The summed E-state index contributed by atoms with van der Waals surface area (Å²) in [5, 5.41) is 6.04. The minimum atomic E-state index is 0.882. The van der Waals surface area contributed by atoms with Gasteiger partial charge >= 0.3 is 0 Å². The Bertz CT molecular complexity index is 3310. The summed E-state index contributed by atoms with van der Waals surface area (Å²) in [6, 6.07) is 84.8. The van der Waals surface area contributed by atoms with Gasteiger partial charge in [0.2, 0.25) is 0 Å². The summed E-state index contributed by atoms with van der Waals surface area (Å²) in [5.41, 5.74) is 14.5. The second-order valence-electron chi connectivity index (χ2n) is 15.4. The molecule has 0 unspecified atom stereocenters. The van der Waals surface area contributed by atoms with Crippen LogP contribution in [0.5, 0.6) is 0 Å². The Morgan fingerprint density at radius 2 is 0.717 bits per heavy atom. The second kappa shape index (κ2) is 15.1. The molecule has 0 atom stereocenters. The van der Waals surface area contributed by atoms with Crippen molar-refractivity contribution in [2.75, 3.05) is 4.90 Å². The van der Waals surface area contributed by atoms with Crippen LogP contribution in [0.2, 0.25) is 0 Å². The lowest BCUT2D eigenvalue weighted by Crippen LogP contribution is -2.09. The number of hydrogen-bond acceptors (Lipinski definition) is 2. The van der Waals surface area contributed by atoms with E-state index in [2.05, 4.69) is 229 Å². The molecule has 0 aliphatic heterocycles. The summed E-state index contributed by atoms with van der Waals surface area (Å²) in [7, 11) is 0. The van der Waals surface area contributed by atoms with Crippen LogP contribution in [-0.4, -0.2) is 0 Å². The summed E-state index contributed by atoms with van der Waals surface area (Å²) in [6.45, 7) is 0. The zero-order chi connectivity index (χ0) is 39.8. The van der Waals surface area contributed by atoms with Gasteiger partial charge in [-0.3, -0.25) is 0 Å². The van der Waals surface area contributed by atoms with Crippen molar-refractivity contribution < 1.29 is 4.42 Å². The lowest BCUT2D eigenvalue weighted by atomic mass is 9.96. The molecular weight excluding hydrogens is 727 g/mol. The van der Waals surface area contributed by atoms with Gasteiger partial charge in [-0.05, 0) is 121 Å². The Hall–Kier alpha value is -7.94. The summed E-state index contributed by atoms with van der Waals surface area (Å²) in [4.78, 5) is 2.35. The predicted molar refractivity (Wildman–Crippen MR) is 253 cm³/mol. The van der Waals surface area contributed by atoms with E-state index < -0.39 is 0 Å². The zero-order valence-electron chi connectivity index (χ0n) is 32.9. The van der Waals surface area contributed by atoms with Gasteiger partial charge in [0.15, 0.2) is 0 Å². The highest BCUT2D eigenvalue weighted by molar-refractivity contribution is 6.02. The summed E-state index contributed by atoms with van der Waals surface area (Å²) >= 11 is 0. The van der Waals surface area contributed by atoms with Crippen LogP contribution in [-0.2, 0) is 0 Å². The highest BCUT2D eigenvalue weighted by atomic mass is 16.3. The van der Waals surface area contributed by atoms with Crippen LogP contribution < -0.4 is 4.90 Å².